The van der Waals surface area contributed by atoms with E-state index in [9.17, 15) is 12.8 Å². The summed E-state index contributed by atoms with van der Waals surface area (Å²) < 4.78 is 40.5. The largest absolute Gasteiger partial charge is 0.392 e. The molecule has 1 atom stereocenters. The molecule has 1 heterocycles. The Morgan fingerprint density at radius 1 is 1.45 bits per heavy atom. The van der Waals surface area contributed by atoms with E-state index in [1.165, 1.54) is 23.4 Å². The molecule has 0 aromatic heterocycles. The molecule has 1 aliphatic rings. The lowest BCUT2D eigenvalue weighted by Gasteiger charge is -2.23. The first-order chi connectivity index (χ1) is 9.41. The Hall–Kier alpha value is -0.980. The quantitative estimate of drug-likeness (QED) is 0.927. The first kappa shape index (κ1) is 15.4. The monoisotopic (exact) mass is 301 g/mol. The van der Waals surface area contributed by atoms with E-state index in [0.29, 0.717) is 6.54 Å². The van der Waals surface area contributed by atoms with Gasteiger partial charge < -0.3 is 5.11 Å². The third-order valence-corrected chi connectivity index (χ3v) is 5.80. The summed E-state index contributed by atoms with van der Waals surface area (Å²) in [5, 5.41) is 9.15. The molecule has 1 fully saturated rings. The molecule has 1 aromatic carbocycles. The number of aryl methyl sites for hydroxylation is 1. The maximum absolute atomic E-state index is 13.7. The van der Waals surface area contributed by atoms with Crippen LogP contribution in [0.15, 0.2) is 17.0 Å². The van der Waals surface area contributed by atoms with Crippen LogP contribution in [0.2, 0.25) is 0 Å². The van der Waals surface area contributed by atoms with Crippen molar-refractivity contribution in [3.63, 3.8) is 0 Å². The average Bonchev–Trinajstić information content (AvgIpc) is 2.90. The van der Waals surface area contributed by atoms with Gasteiger partial charge in [0.1, 0.15) is 5.82 Å². The van der Waals surface area contributed by atoms with Crippen molar-refractivity contribution in [2.45, 2.75) is 50.7 Å². The molecule has 1 unspecified atom stereocenters. The Morgan fingerprint density at radius 2 is 2.15 bits per heavy atom. The zero-order chi connectivity index (χ0) is 14.9. The Balaban J connectivity index is 2.47. The van der Waals surface area contributed by atoms with Crippen molar-refractivity contribution in [2.24, 2.45) is 0 Å². The maximum atomic E-state index is 13.7. The van der Waals surface area contributed by atoms with Gasteiger partial charge in [0.25, 0.3) is 0 Å². The Morgan fingerprint density at radius 3 is 2.75 bits per heavy atom. The molecule has 1 aromatic rings. The van der Waals surface area contributed by atoms with Crippen molar-refractivity contribution < 1.29 is 17.9 Å². The minimum Gasteiger partial charge on any atom is -0.392 e. The highest BCUT2D eigenvalue weighted by Gasteiger charge is 2.34. The second-order valence-corrected chi connectivity index (χ2v) is 7.08. The standard InChI is InChI=1S/C14H20FNO3S/c1-3-12-5-4-6-16(12)20(18,19)13-7-10(2)14(15)11(8-13)9-17/h7-8,12,17H,3-6,9H2,1-2H3. The van der Waals surface area contributed by atoms with Crippen molar-refractivity contribution in [2.75, 3.05) is 6.54 Å². The lowest BCUT2D eigenvalue weighted by atomic mass is 10.1. The first-order valence-corrected chi connectivity index (χ1v) is 8.27. The second kappa shape index (κ2) is 5.79. The number of rotatable bonds is 4. The zero-order valence-corrected chi connectivity index (χ0v) is 12.6. The Kier molecular flexibility index (Phi) is 4.46. The van der Waals surface area contributed by atoms with E-state index in [4.69, 9.17) is 5.11 Å². The van der Waals surface area contributed by atoms with Crippen molar-refractivity contribution >= 4 is 10.0 Å². The SMILES string of the molecule is CCC1CCCN1S(=O)(=O)c1cc(C)c(F)c(CO)c1. The van der Waals surface area contributed by atoms with E-state index >= 15 is 0 Å². The van der Waals surface area contributed by atoms with Crippen molar-refractivity contribution in [3.8, 4) is 0 Å². The predicted molar refractivity (Wildman–Crippen MR) is 74.3 cm³/mol. The molecule has 1 saturated heterocycles. The van der Waals surface area contributed by atoms with Gasteiger partial charge in [-0.1, -0.05) is 6.92 Å². The summed E-state index contributed by atoms with van der Waals surface area (Å²) in [6, 6.07) is 2.60. The van der Waals surface area contributed by atoms with Gasteiger partial charge in [-0.2, -0.15) is 4.31 Å². The van der Waals surface area contributed by atoms with Crippen LogP contribution in [0.25, 0.3) is 0 Å². The van der Waals surface area contributed by atoms with Crippen LogP contribution in [0.3, 0.4) is 0 Å². The molecule has 1 N–H and O–H groups in total. The summed E-state index contributed by atoms with van der Waals surface area (Å²) in [6.45, 7) is 3.47. The van der Waals surface area contributed by atoms with Gasteiger partial charge in [0.2, 0.25) is 10.0 Å². The van der Waals surface area contributed by atoms with Crippen molar-refractivity contribution in [1.29, 1.82) is 0 Å². The predicted octanol–water partition coefficient (Wildman–Crippen LogP) is 2.19. The van der Waals surface area contributed by atoms with Crippen LogP contribution < -0.4 is 0 Å². The topological polar surface area (TPSA) is 57.6 Å². The highest BCUT2D eigenvalue weighted by molar-refractivity contribution is 7.89. The number of sulfonamides is 1. The molecule has 112 valence electrons. The number of nitrogens with zero attached hydrogens (tertiary/aromatic N) is 1. The van der Waals surface area contributed by atoms with E-state index in [1.807, 2.05) is 6.92 Å². The number of halogens is 1. The number of benzene rings is 1. The van der Waals surface area contributed by atoms with Crippen LogP contribution in [0.1, 0.15) is 37.3 Å². The first-order valence-electron chi connectivity index (χ1n) is 6.83. The van der Waals surface area contributed by atoms with E-state index in [1.54, 1.807) is 0 Å². The van der Waals surface area contributed by atoms with E-state index < -0.39 is 22.4 Å². The highest BCUT2D eigenvalue weighted by atomic mass is 32.2. The smallest absolute Gasteiger partial charge is 0.243 e. The molecular weight excluding hydrogens is 281 g/mol. The summed E-state index contributed by atoms with van der Waals surface area (Å²) >= 11 is 0. The van der Waals surface area contributed by atoms with Gasteiger partial charge in [0.05, 0.1) is 11.5 Å². The van der Waals surface area contributed by atoms with Gasteiger partial charge in [0.15, 0.2) is 0 Å². The average molecular weight is 301 g/mol. The number of hydrogen-bond donors (Lipinski definition) is 1. The minimum absolute atomic E-state index is 0.0166. The third-order valence-electron chi connectivity index (χ3n) is 3.87. The molecule has 2 rings (SSSR count). The summed E-state index contributed by atoms with van der Waals surface area (Å²) in [5.74, 6) is -0.542. The van der Waals surface area contributed by atoms with Crippen LogP contribution in [-0.4, -0.2) is 30.4 Å². The van der Waals surface area contributed by atoms with Gasteiger partial charge in [-0.05, 0) is 43.9 Å². The third kappa shape index (κ3) is 2.60. The van der Waals surface area contributed by atoms with Crippen LogP contribution >= 0.6 is 0 Å². The van der Waals surface area contributed by atoms with Crippen molar-refractivity contribution in [1.82, 2.24) is 4.31 Å². The van der Waals surface area contributed by atoms with Gasteiger partial charge >= 0.3 is 0 Å². The highest BCUT2D eigenvalue weighted by Crippen LogP contribution is 2.29. The van der Waals surface area contributed by atoms with Crippen LogP contribution in [0.4, 0.5) is 4.39 Å². The van der Waals surface area contributed by atoms with Crippen LogP contribution in [0, 0.1) is 12.7 Å². The van der Waals surface area contributed by atoms with Gasteiger partial charge in [-0.25, -0.2) is 12.8 Å². The van der Waals surface area contributed by atoms with E-state index in [2.05, 4.69) is 0 Å². The van der Waals surface area contributed by atoms with Crippen LogP contribution in [-0.2, 0) is 16.6 Å². The molecule has 1 aliphatic heterocycles. The van der Waals surface area contributed by atoms with Gasteiger partial charge in [0, 0.05) is 18.2 Å². The minimum atomic E-state index is -3.62. The van der Waals surface area contributed by atoms with E-state index in [-0.39, 0.29) is 22.1 Å². The lowest BCUT2D eigenvalue weighted by Crippen LogP contribution is -2.35. The fraction of sp³-hybridized carbons (Fsp3) is 0.571. The molecule has 0 radical (unpaired) electrons. The molecule has 20 heavy (non-hydrogen) atoms. The molecular formula is C14H20FNO3S. The van der Waals surface area contributed by atoms with Gasteiger partial charge in [-0.15, -0.1) is 0 Å². The fourth-order valence-corrected chi connectivity index (χ4v) is 4.64. The van der Waals surface area contributed by atoms with Crippen molar-refractivity contribution in [3.05, 3.63) is 29.1 Å². The zero-order valence-electron chi connectivity index (χ0n) is 11.8. The Bertz CT molecular complexity index is 601. The number of aliphatic hydroxyl groups is 1. The summed E-state index contributed by atoms with van der Waals surface area (Å²) in [7, 11) is -3.62. The summed E-state index contributed by atoms with van der Waals surface area (Å²) in [4.78, 5) is 0.0702. The molecule has 0 bridgehead atoms. The molecule has 6 heteroatoms. The normalized spacial score (nSPS) is 20.5. The summed E-state index contributed by atoms with van der Waals surface area (Å²) in [5.41, 5.74) is 0.262. The molecule has 0 spiro atoms. The molecule has 4 nitrogen and oxygen atoms in total. The second-order valence-electron chi connectivity index (χ2n) is 5.19. The molecule has 0 saturated carbocycles. The molecule has 0 amide bonds. The van der Waals surface area contributed by atoms with Crippen LogP contribution in [0.5, 0.6) is 0 Å². The van der Waals surface area contributed by atoms with E-state index in [0.717, 1.165) is 19.3 Å². The maximum Gasteiger partial charge on any atom is 0.243 e. The Labute approximate surface area is 119 Å². The fourth-order valence-electron chi connectivity index (χ4n) is 2.74. The lowest BCUT2D eigenvalue weighted by molar-refractivity contribution is 0.275. The van der Waals surface area contributed by atoms with Gasteiger partial charge in [-0.3, -0.25) is 0 Å². The number of aliphatic hydroxyl groups excluding tert-OH is 1. The number of hydrogen-bond acceptors (Lipinski definition) is 3. The summed E-state index contributed by atoms with van der Waals surface area (Å²) in [6.07, 6.45) is 2.49. The molecule has 0 aliphatic carbocycles.